The van der Waals surface area contributed by atoms with E-state index in [1.807, 2.05) is 24.6 Å². The summed E-state index contributed by atoms with van der Waals surface area (Å²) in [6.45, 7) is 4.66. The van der Waals surface area contributed by atoms with Gasteiger partial charge in [-0.15, -0.1) is 0 Å². The second kappa shape index (κ2) is 3.34. The van der Waals surface area contributed by atoms with E-state index in [-0.39, 0.29) is 11.5 Å². The average Bonchev–Trinajstić information content (AvgIpc) is 2.18. The summed E-state index contributed by atoms with van der Waals surface area (Å²) in [7, 11) is 0. The molecule has 2 heterocycles. The Hall–Kier alpha value is -1.91. The molecule has 0 aromatic heterocycles. The molecule has 0 aromatic carbocycles. The first kappa shape index (κ1) is 9.64. The molecule has 0 atom stereocenters. The van der Waals surface area contributed by atoms with E-state index in [1.54, 1.807) is 6.07 Å². The third-order valence-corrected chi connectivity index (χ3v) is 2.25. The summed E-state index contributed by atoms with van der Waals surface area (Å²) in [6, 6.07) is 1.78. The highest BCUT2D eigenvalue weighted by molar-refractivity contribution is 5.57. The Balaban J connectivity index is 2.88. The van der Waals surface area contributed by atoms with Crippen LogP contribution >= 0.6 is 0 Å². The maximum absolute atomic E-state index is 11.6. The molecular weight excluding hydrogens is 192 g/mol. The third kappa shape index (κ3) is 1.56. The van der Waals surface area contributed by atoms with Gasteiger partial charge < -0.3 is 10.3 Å². The fourth-order valence-corrected chi connectivity index (χ4v) is 1.61. The highest BCUT2D eigenvalue weighted by atomic mass is 16.1. The van der Waals surface area contributed by atoms with E-state index in [2.05, 4.69) is 9.97 Å². The molecular formula is C10H12N4O. The number of nitrogen functional groups attached to an aromatic ring is 1. The molecule has 0 amide bonds. The summed E-state index contributed by atoms with van der Waals surface area (Å²) < 4.78 is 1.89. The van der Waals surface area contributed by atoms with Crippen molar-refractivity contribution in [1.82, 2.24) is 14.5 Å². The lowest BCUT2D eigenvalue weighted by Crippen LogP contribution is -2.19. The van der Waals surface area contributed by atoms with Gasteiger partial charge in [-0.2, -0.15) is 9.97 Å². The summed E-state index contributed by atoms with van der Waals surface area (Å²) >= 11 is 0. The molecule has 2 aliphatic heterocycles. The Morgan fingerprint density at radius 3 is 2.87 bits per heavy atom. The van der Waals surface area contributed by atoms with E-state index in [1.165, 1.54) is 0 Å². The molecule has 5 nitrogen and oxygen atoms in total. The second-order valence-corrected chi connectivity index (χ2v) is 3.43. The minimum atomic E-state index is -0.316. The number of pyridine rings is 1. The van der Waals surface area contributed by atoms with Gasteiger partial charge in [-0.1, -0.05) is 0 Å². The van der Waals surface area contributed by atoms with E-state index < -0.39 is 0 Å². The molecule has 2 aliphatic rings. The van der Waals surface area contributed by atoms with Gasteiger partial charge in [0.2, 0.25) is 5.95 Å². The van der Waals surface area contributed by atoms with Crippen molar-refractivity contribution in [3.05, 3.63) is 28.2 Å². The normalized spacial score (nSPS) is 10.8. The molecule has 0 saturated carbocycles. The zero-order valence-corrected chi connectivity index (χ0v) is 8.69. The lowest BCUT2D eigenvalue weighted by atomic mass is 10.2. The summed E-state index contributed by atoms with van der Waals surface area (Å²) in [4.78, 5) is 19.3. The zero-order chi connectivity index (χ0) is 11.0. The first-order chi connectivity index (χ1) is 7.11. The van der Waals surface area contributed by atoms with Crippen LogP contribution in [0.25, 0.3) is 11.4 Å². The van der Waals surface area contributed by atoms with Gasteiger partial charge in [0, 0.05) is 12.7 Å². The Morgan fingerprint density at radius 1 is 1.47 bits per heavy atom. The lowest BCUT2D eigenvalue weighted by molar-refractivity contribution is 0.739. The van der Waals surface area contributed by atoms with E-state index in [9.17, 15) is 4.79 Å². The van der Waals surface area contributed by atoms with Crippen LogP contribution in [0.3, 0.4) is 0 Å². The Morgan fingerprint density at radius 2 is 2.20 bits per heavy atom. The second-order valence-electron chi connectivity index (χ2n) is 3.43. The number of aromatic nitrogens is 3. The first-order valence-corrected chi connectivity index (χ1v) is 4.76. The molecule has 0 aliphatic carbocycles. The molecule has 0 fully saturated rings. The highest BCUT2D eigenvalue weighted by Crippen LogP contribution is 2.17. The topological polar surface area (TPSA) is 73.8 Å². The smallest absolute Gasteiger partial charge is 0.284 e. The van der Waals surface area contributed by atoms with Crippen LogP contribution in [-0.4, -0.2) is 14.5 Å². The summed E-state index contributed by atoms with van der Waals surface area (Å²) in [6.07, 6.45) is 1.94. The minimum absolute atomic E-state index is 0.0264. The Labute approximate surface area is 86.9 Å². The van der Waals surface area contributed by atoms with Crippen molar-refractivity contribution in [3.63, 3.8) is 0 Å². The van der Waals surface area contributed by atoms with Gasteiger partial charge in [0.15, 0.2) is 0 Å². The van der Waals surface area contributed by atoms with Gasteiger partial charge in [-0.3, -0.25) is 4.79 Å². The predicted octanol–water partition coefficient (Wildman–Crippen LogP) is 0.654. The van der Waals surface area contributed by atoms with Crippen LogP contribution in [-0.2, 0) is 6.54 Å². The SMILES string of the molecule is CCn1cc(C)cc2c(=O)nc(N)nc1-2. The van der Waals surface area contributed by atoms with Crippen LogP contribution in [0.15, 0.2) is 17.1 Å². The largest absolute Gasteiger partial charge is 0.368 e. The van der Waals surface area contributed by atoms with Crippen LogP contribution in [0.4, 0.5) is 5.95 Å². The fourth-order valence-electron chi connectivity index (χ4n) is 1.61. The van der Waals surface area contributed by atoms with Crippen LogP contribution in [0, 0.1) is 6.92 Å². The highest BCUT2D eigenvalue weighted by Gasteiger charge is 2.13. The monoisotopic (exact) mass is 204 g/mol. The van der Waals surface area contributed by atoms with Crippen molar-refractivity contribution < 1.29 is 0 Å². The number of hydrogen-bond acceptors (Lipinski definition) is 4. The van der Waals surface area contributed by atoms with Gasteiger partial charge in [-0.25, -0.2) is 0 Å². The van der Waals surface area contributed by atoms with Crippen molar-refractivity contribution in [2.45, 2.75) is 20.4 Å². The Bertz CT molecular complexity index is 532. The quantitative estimate of drug-likeness (QED) is 0.740. The van der Waals surface area contributed by atoms with Gasteiger partial charge in [0.1, 0.15) is 5.82 Å². The average molecular weight is 204 g/mol. The van der Waals surface area contributed by atoms with E-state index in [0.717, 1.165) is 12.1 Å². The molecule has 0 bridgehead atoms. The van der Waals surface area contributed by atoms with E-state index >= 15 is 0 Å². The number of aryl methyl sites for hydroxylation is 2. The van der Waals surface area contributed by atoms with Crippen molar-refractivity contribution in [2.75, 3.05) is 5.73 Å². The van der Waals surface area contributed by atoms with Crippen LogP contribution in [0.1, 0.15) is 12.5 Å². The number of nitrogens with zero attached hydrogens (tertiary/aromatic N) is 3. The molecule has 5 heteroatoms. The molecule has 78 valence electrons. The maximum Gasteiger partial charge on any atom is 0.284 e. The summed E-state index contributed by atoms with van der Waals surface area (Å²) in [5, 5.41) is 0. The first-order valence-electron chi connectivity index (χ1n) is 4.76. The molecule has 2 rings (SSSR count). The predicted molar refractivity (Wildman–Crippen MR) is 57.7 cm³/mol. The summed E-state index contributed by atoms with van der Waals surface area (Å²) in [5.41, 5.74) is 6.66. The number of fused-ring (bicyclic) bond motifs is 1. The standard InChI is InChI=1S/C10H12N4O/c1-3-14-5-6(2)4-7-8(14)12-10(11)13-9(7)15/h4-5H,3H2,1-2H3,(H2,11,13,15). The molecule has 0 spiro atoms. The van der Waals surface area contributed by atoms with Crippen molar-refractivity contribution in [1.29, 1.82) is 0 Å². The minimum Gasteiger partial charge on any atom is -0.368 e. The molecule has 15 heavy (non-hydrogen) atoms. The molecule has 0 radical (unpaired) electrons. The number of anilines is 1. The number of nitrogens with two attached hydrogens (primary N) is 1. The summed E-state index contributed by atoms with van der Waals surface area (Å²) in [5.74, 6) is 0.624. The zero-order valence-electron chi connectivity index (χ0n) is 8.69. The molecule has 0 saturated heterocycles. The third-order valence-electron chi connectivity index (χ3n) is 2.25. The van der Waals surface area contributed by atoms with Crippen molar-refractivity contribution in [2.24, 2.45) is 0 Å². The fraction of sp³-hybridized carbons (Fsp3) is 0.300. The molecule has 2 N–H and O–H groups in total. The number of hydrogen-bond donors (Lipinski definition) is 1. The lowest BCUT2D eigenvalue weighted by Gasteiger charge is -2.13. The van der Waals surface area contributed by atoms with Gasteiger partial charge >= 0.3 is 0 Å². The molecule has 0 aromatic rings. The van der Waals surface area contributed by atoms with Crippen LogP contribution in [0.5, 0.6) is 0 Å². The Kier molecular flexibility index (Phi) is 2.15. The van der Waals surface area contributed by atoms with Crippen molar-refractivity contribution >= 4 is 5.95 Å². The van der Waals surface area contributed by atoms with E-state index in [0.29, 0.717) is 11.4 Å². The van der Waals surface area contributed by atoms with E-state index in [4.69, 9.17) is 5.73 Å². The number of rotatable bonds is 1. The van der Waals surface area contributed by atoms with Crippen LogP contribution < -0.4 is 11.3 Å². The van der Waals surface area contributed by atoms with Crippen molar-refractivity contribution in [3.8, 4) is 11.4 Å². The van der Waals surface area contributed by atoms with Gasteiger partial charge in [-0.05, 0) is 25.5 Å². The van der Waals surface area contributed by atoms with Gasteiger partial charge in [0.05, 0.1) is 5.56 Å². The maximum atomic E-state index is 11.6. The molecule has 0 unspecified atom stereocenters. The van der Waals surface area contributed by atoms with Gasteiger partial charge in [0.25, 0.3) is 5.56 Å². The van der Waals surface area contributed by atoms with Crippen LogP contribution in [0.2, 0.25) is 0 Å².